The minimum atomic E-state index is 0.0488. The quantitative estimate of drug-likeness (QED) is 0.936. The third-order valence-electron chi connectivity index (χ3n) is 2.46. The lowest BCUT2D eigenvalue weighted by molar-refractivity contribution is 0.536. The SMILES string of the molecule is C[C@H](NCc1ncc(Br)cc1Cl)c1ncn(C)n1. The van der Waals surface area contributed by atoms with E-state index in [1.165, 1.54) is 0 Å². The monoisotopic (exact) mass is 329 g/mol. The van der Waals surface area contributed by atoms with Gasteiger partial charge < -0.3 is 5.32 Å². The van der Waals surface area contributed by atoms with Crippen molar-refractivity contribution >= 4 is 27.5 Å². The average Bonchev–Trinajstić information content (AvgIpc) is 2.74. The maximum absolute atomic E-state index is 6.10. The summed E-state index contributed by atoms with van der Waals surface area (Å²) in [6.07, 6.45) is 3.41. The summed E-state index contributed by atoms with van der Waals surface area (Å²) in [4.78, 5) is 8.45. The minimum absolute atomic E-state index is 0.0488. The number of nitrogens with zero attached hydrogens (tertiary/aromatic N) is 4. The Morgan fingerprint density at radius 2 is 2.28 bits per heavy atom. The zero-order valence-electron chi connectivity index (χ0n) is 10.1. The molecule has 0 saturated carbocycles. The fourth-order valence-electron chi connectivity index (χ4n) is 1.47. The molecule has 0 aliphatic carbocycles. The number of rotatable bonds is 4. The molecule has 7 heteroatoms. The summed E-state index contributed by atoms with van der Waals surface area (Å²) in [5.41, 5.74) is 0.808. The zero-order valence-corrected chi connectivity index (χ0v) is 12.4. The molecular formula is C11H13BrClN5. The van der Waals surface area contributed by atoms with Crippen LogP contribution >= 0.6 is 27.5 Å². The lowest BCUT2D eigenvalue weighted by Gasteiger charge is -2.10. The summed E-state index contributed by atoms with van der Waals surface area (Å²) in [5, 5.41) is 8.17. The Labute approximate surface area is 119 Å². The molecule has 0 radical (unpaired) electrons. The van der Waals surface area contributed by atoms with E-state index in [1.807, 2.05) is 20.0 Å². The molecule has 0 aliphatic heterocycles. The number of nitrogens with one attached hydrogen (secondary N) is 1. The van der Waals surface area contributed by atoms with Gasteiger partial charge >= 0.3 is 0 Å². The molecule has 96 valence electrons. The van der Waals surface area contributed by atoms with Crippen LogP contribution in [-0.4, -0.2) is 19.7 Å². The van der Waals surface area contributed by atoms with Crippen LogP contribution in [0.3, 0.4) is 0 Å². The van der Waals surface area contributed by atoms with Gasteiger partial charge in [0.2, 0.25) is 0 Å². The molecule has 0 amide bonds. The second kappa shape index (κ2) is 5.77. The first-order valence-corrected chi connectivity index (χ1v) is 6.62. The number of hydrogen-bond acceptors (Lipinski definition) is 4. The molecule has 0 unspecified atom stereocenters. The highest BCUT2D eigenvalue weighted by atomic mass is 79.9. The van der Waals surface area contributed by atoms with Crippen LogP contribution in [0.15, 0.2) is 23.1 Å². The molecule has 0 saturated heterocycles. The number of pyridine rings is 1. The van der Waals surface area contributed by atoms with Crippen molar-refractivity contribution in [2.75, 3.05) is 0 Å². The van der Waals surface area contributed by atoms with Crippen molar-refractivity contribution in [2.24, 2.45) is 7.05 Å². The lowest BCUT2D eigenvalue weighted by Crippen LogP contribution is -2.20. The van der Waals surface area contributed by atoms with E-state index in [-0.39, 0.29) is 6.04 Å². The molecule has 2 rings (SSSR count). The van der Waals surface area contributed by atoms with Crippen LogP contribution in [0, 0.1) is 0 Å². The molecule has 1 atom stereocenters. The zero-order chi connectivity index (χ0) is 13.1. The Balaban J connectivity index is 1.99. The summed E-state index contributed by atoms with van der Waals surface area (Å²) in [7, 11) is 1.84. The number of halogens is 2. The van der Waals surface area contributed by atoms with Crippen molar-refractivity contribution < 1.29 is 0 Å². The van der Waals surface area contributed by atoms with Gasteiger partial charge in [-0.1, -0.05) is 11.6 Å². The number of aryl methyl sites for hydroxylation is 1. The van der Waals surface area contributed by atoms with Crippen LogP contribution in [0.4, 0.5) is 0 Å². The highest BCUT2D eigenvalue weighted by Crippen LogP contribution is 2.19. The Bertz CT molecular complexity index is 542. The Kier molecular flexibility index (Phi) is 4.31. The van der Waals surface area contributed by atoms with Crippen LogP contribution in [0.5, 0.6) is 0 Å². The normalized spacial score (nSPS) is 12.7. The highest BCUT2D eigenvalue weighted by Gasteiger charge is 2.11. The van der Waals surface area contributed by atoms with Gasteiger partial charge in [0.05, 0.1) is 16.8 Å². The second-order valence-corrected chi connectivity index (χ2v) is 5.28. The first-order valence-electron chi connectivity index (χ1n) is 5.45. The van der Waals surface area contributed by atoms with E-state index in [4.69, 9.17) is 11.6 Å². The molecule has 1 N–H and O–H groups in total. The Hall–Kier alpha value is -0.980. The van der Waals surface area contributed by atoms with Crippen molar-refractivity contribution in [3.8, 4) is 0 Å². The van der Waals surface area contributed by atoms with Gasteiger partial charge in [0.25, 0.3) is 0 Å². The molecule has 2 aromatic heterocycles. The van der Waals surface area contributed by atoms with Crippen LogP contribution in [-0.2, 0) is 13.6 Å². The van der Waals surface area contributed by atoms with Gasteiger partial charge in [-0.3, -0.25) is 9.67 Å². The molecule has 0 aliphatic rings. The van der Waals surface area contributed by atoms with Gasteiger partial charge in [0, 0.05) is 24.3 Å². The standard InChI is InChI=1S/C11H13BrClN5/c1-7(11-16-6-18(2)17-11)14-5-10-9(13)3-8(12)4-15-10/h3-4,6-7,14H,5H2,1-2H3/t7-/m0/s1. The van der Waals surface area contributed by atoms with Gasteiger partial charge in [0.15, 0.2) is 5.82 Å². The fraction of sp³-hybridized carbons (Fsp3) is 0.364. The minimum Gasteiger partial charge on any atom is -0.302 e. The maximum Gasteiger partial charge on any atom is 0.167 e. The van der Waals surface area contributed by atoms with Gasteiger partial charge in [-0.15, -0.1) is 0 Å². The van der Waals surface area contributed by atoms with E-state index < -0.39 is 0 Å². The van der Waals surface area contributed by atoms with Crippen LogP contribution in [0.1, 0.15) is 24.5 Å². The largest absolute Gasteiger partial charge is 0.302 e. The van der Waals surface area contributed by atoms with E-state index in [1.54, 1.807) is 17.2 Å². The van der Waals surface area contributed by atoms with Crippen LogP contribution < -0.4 is 5.32 Å². The second-order valence-electron chi connectivity index (χ2n) is 3.96. The number of hydrogen-bond donors (Lipinski definition) is 1. The number of aromatic nitrogens is 4. The predicted molar refractivity (Wildman–Crippen MR) is 73.2 cm³/mol. The molecule has 18 heavy (non-hydrogen) atoms. The first-order chi connectivity index (χ1) is 8.56. The van der Waals surface area contributed by atoms with E-state index in [9.17, 15) is 0 Å². The van der Waals surface area contributed by atoms with Gasteiger partial charge in [0.1, 0.15) is 6.33 Å². The summed E-state index contributed by atoms with van der Waals surface area (Å²) in [5.74, 6) is 0.755. The predicted octanol–water partition coefficient (Wildman–Crippen LogP) is 2.48. The van der Waals surface area contributed by atoms with Crippen molar-refractivity contribution in [2.45, 2.75) is 19.5 Å². The first kappa shape index (κ1) is 13.5. The Morgan fingerprint density at radius 1 is 1.50 bits per heavy atom. The van der Waals surface area contributed by atoms with E-state index in [0.29, 0.717) is 11.6 Å². The van der Waals surface area contributed by atoms with E-state index in [2.05, 4.69) is 36.3 Å². The third-order valence-corrected chi connectivity index (χ3v) is 3.23. The van der Waals surface area contributed by atoms with Gasteiger partial charge in [-0.2, -0.15) is 5.10 Å². The summed E-state index contributed by atoms with van der Waals surface area (Å²) >= 11 is 9.42. The molecule has 5 nitrogen and oxygen atoms in total. The molecule has 2 aromatic rings. The average molecular weight is 331 g/mol. The molecule has 0 bridgehead atoms. The van der Waals surface area contributed by atoms with Crippen molar-refractivity contribution in [3.63, 3.8) is 0 Å². The van der Waals surface area contributed by atoms with Gasteiger partial charge in [-0.05, 0) is 28.9 Å². The smallest absolute Gasteiger partial charge is 0.167 e. The van der Waals surface area contributed by atoms with E-state index >= 15 is 0 Å². The van der Waals surface area contributed by atoms with Crippen molar-refractivity contribution in [1.82, 2.24) is 25.1 Å². The van der Waals surface area contributed by atoms with Crippen LogP contribution in [0.2, 0.25) is 5.02 Å². The molecule has 0 spiro atoms. The molecule has 0 aromatic carbocycles. The summed E-state index contributed by atoms with van der Waals surface area (Å²) < 4.78 is 2.55. The van der Waals surface area contributed by atoms with E-state index in [0.717, 1.165) is 16.0 Å². The molecule has 0 fully saturated rings. The van der Waals surface area contributed by atoms with Crippen LogP contribution in [0.25, 0.3) is 0 Å². The lowest BCUT2D eigenvalue weighted by atomic mass is 10.3. The maximum atomic E-state index is 6.10. The third kappa shape index (κ3) is 3.28. The van der Waals surface area contributed by atoms with Gasteiger partial charge in [-0.25, -0.2) is 4.98 Å². The summed E-state index contributed by atoms with van der Waals surface area (Å²) in [6.45, 7) is 2.58. The molecular weight excluding hydrogens is 318 g/mol. The fourth-order valence-corrected chi connectivity index (χ4v) is 2.16. The van der Waals surface area contributed by atoms with Crippen molar-refractivity contribution in [3.05, 3.63) is 39.6 Å². The van der Waals surface area contributed by atoms with Crippen molar-refractivity contribution in [1.29, 1.82) is 0 Å². The summed E-state index contributed by atoms with van der Waals surface area (Å²) in [6, 6.07) is 1.88. The topological polar surface area (TPSA) is 55.6 Å². The molecule has 2 heterocycles. The highest BCUT2D eigenvalue weighted by molar-refractivity contribution is 9.10. The Morgan fingerprint density at radius 3 is 2.89 bits per heavy atom.